The average Bonchev–Trinajstić information content (AvgIpc) is 2.80. The van der Waals surface area contributed by atoms with Crippen LogP contribution in [0.1, 0.15) is 18.1 Å². The van der Waals surface area contributed by atoms with Crippen LogP contribution in [-0.2, 0) is 21.2 Å². The van der Waals surface area contributed by atoms with Gasteiger partial charge in [-0.2, -0.15) is 5.10 Å². The smallest absolute Gasteiger partial charge is 0.264 e. The zero-order valence-electron chi connectivity index (χ0n) is 17.2. The van der Waals surface area contributed by atoms with Gasteiger partial charge in [0, 0.05) is 5.56 Å². The van der Waals surface area contributed by atoms with Crippen molar-refractivity contribution < 1.29 is 13.2 Å². The summed E-state index contributed by atoms with van der Waals surface area (Å²) >= 11 is 12.2. The van der Waals surface area contributed by atoms with Crippen LogP contribution in [0, 0.1) is 0 Å². The first-order valence-corrected chi connectivity index (χ1v) is 11.9. The number of carbonyl (C=O) groups excluding carboxylic acids is 1. The molecule has 0 unspecified atom stereocenters. The van der Waals surface area contributed by atoms with Crippen LogP contribution < -0.4 is 9.73 Å². The molecule has 0 aliphatic carbocycles. The molecular weight excluding hydrogens is 469 g/mol. The molecule has 3 aromatic rings. The Hall–Kier alpha value is -2.87. The average molecular weight is 490 g/mol. The Bertz CT molecular complexity index is 1190. The minimum atomic E-state index is -3.98. The molecule has 0 saturated heterocycles. The normalized spacial score (nSPS) is 11.5. The SMILES string of the molecule is CCc1ccc(N(CC(=O)N/N=C\c2c(Cl)cccc2Cl)S(=O)(=O)c2ccccc2)cc1. The molecule has 32 heavy (non-hydrogen) atoms. The second-order valence-corrected chi connectivity index (χ2v) is 9.45. The third kappa shape index (κ3) is 5.68. The summed E-state index contributed by atoms with van der Waals surface area (Å²) in [5, 5.41) is 4.63. The maximum absolute atomic E-state index is 13.3. The van der Waals surface area contributed by atoms with Gasteiger partial charge < -0.3 is 0 Å². The minimum Gasteiger partial charge on any atom is -0.271 e. The quantitative estimate of drug-likeness (QED) is 0.360. The standard InChI is InChI=1S/C23H21Cl2N3O3S/c1-2-17-11-13-18(14-12-17)28(32(30,31)19-7-4-3-5-8-19)16-23(29)27-26-15-20-21(24)9-6-10-22(20)25/h3-15H,2,16H2,1H3,(H,27,29)/b26-15-. The van der Waals surface area contributed by atoms with Gasteiger partial charge in [0.2, 0.25) is 0 Å². The molecule has 0 heterocycles. The summed E-state index contributed by atoms with van der Waals surface area (Å²) in [6.07, 6.45) is 2.13. The number of anilines is 1. The first-order chi connectivity index (χ1) is 15.3. The Morgan fingerprint density at radius 3 is 2.19 bits per heavy atom. The largest absolute Gasteiger partial charge is 0.271 e. The Labute approximate surface area is 197 Å². The molecule has 0 aromatic heterocycles. The molecule has 0 aliphatic heterocycles. The molecule has 6 nitrogen and oxygen atoms in total. The highest BCUT2D eigenvalue weighted by Gasteiger charge is 2.27. The number of carbonyl (C=O) groups is 1. The van der Waals surface area contributed by atoms with Gasteiger partial charge in [0.05, 0.1) is 26.8 Å². The van der Waals surface area contributed by atoms with E-state index in [0.29, 0.717) is 21.3 Å². The summed E-state index contributed by atoms with van der Waals surface area (Å²) in [5.74, 6) is -0.622. The third-order valence-electron chi connectivity index (χ3n) is 4.63. The van der Waals surface area contributed by atoms with Gasteiger partial charge in [-0.3, -0.25) is 9.10 Å². The first kappa shape index (κ1) is 23.8. The van der Waals surface area contributed by atoms with Crippen LogP contribution in [0.25, 0.3) is 0 Å². The lowest BCUT2D eigenvalue weighted by Gasteiger charge is -2.24. The van der Waals surface area contributed by atoms with E-state index in [1.807, 2.05) is 19.1 Å². The van der Waals surface area contributed by atoms with Crippen LogP contribution in [0.15, 0.2) is 82.8 Å². The van der Waals surface area contributed by atoms with Crippen molar-refractivity contribution in [3.05, 3.63) is 94.0 Å². The van der Waals surface area contributed by atoms with E-state index >= 15 is 0 Å². The summed E-state index contributed by atoms with van der Waals surface area (Å²) in [6.45, 7) is 1.54. The maximum Gasteiger partial charge on any atom is 0.264 e. The number of aryl methyl sites for hydroxylation is 1. The van der Waals surface area contributed by atoms with Crippen LogP contribution in [0.4, 0.5) is 5.69 Å². The van der Waals surface area contributed by atoms with E-state index in [1.54, 1.807) is 48.5 Å². The van der Waals surface area contributed by atoms with Crippen molar-refractivity contribution in [1.29, 1.82) is 0 Å². The lowest BCUT2D eigenvalue weighted by Crippen LogP contribution is -2.39. The highest BCUT2D eigenvalue weighted by Crippen LogP contribution is 2.24. The van der Waals surface area contributed by atoms with Crippen LogP contribution in [-0.4, -0.2) is 27.1 Å². The van der Waals surface area contributed by atoms with Gasteiger partial charge in [0.15, 0.2) is 0 Å². The molecule has 0 atom stereocenters. The van der Waals surface area contributed by atoms with E-state index in [-0.39, 0.29) is 4.90 Å². The molecule has 9 heteroatoms. The highest BCUT2D eigenvalue weighted by molar-refractivity contribution is 7.92. The number of hydrazone groups is 1. The lowest BCUT2D eigenvalue weighted by atomic mass is 10.1. The van der Waals surface area contributed by atoms with Crippen molar-refractivity contribution in [2.24, 2.45) is 5.10 Å². The molecule has 3 aromatic carbocycles. The Morgan fingerprint density at radius 2 is 1.59 bits per heavy atom. The maximum atomic E-state index is 13.3. The summed E-state index contributed by atoms with van der Waals surface area (Å²) in [7, 11) is -3.98. The van der Waals surface area contributed by atoms with E-state index in [1.165, 1.54) is 18.3 Å². The van der Waals surface area contributed by atoms with Crippen molar-refractivity contribution in [3.63, 3.8) is 0 Å². The molecule has 0 radical (unpaired) electrons. The van der Waals surface area contributed by atoms with Gasteiger partial charge in [0.25, 0.3) is 15.9 Å². The minimum absolute atomic E-state index is 0.0821. The van der Waals surface area contributed by atoms with E-state index in [9.17, 15) is 13.2 Å². The second-order valence-electron chi connectivity index (χ2n) is 6.77. The van der Waals surface area contributed by atoms with E-state index in [2.05, 4.69) is 10.5 Å². The highest BCUT2D eigenvalue weighted by atomic mass is 35.5. The van der Waals surface area contributed by atoms with Crippen molar-refractivity contribution in [2.75, 3.05) is 10.8 Å². The van der Waals surface area contributed by atoms with E-state index in [4.69, 9.17) is 23.2 Å². The fraction of sp³-hybridized carbons (Fsp3) is 0.130. The van der Waals surface area contributed by atoms with E-state index in [0.717, 1.165) is 16.3 Å². The molecule has 166 valence electrons. The van der Waals surface area contributed by atoms with Crippen molar-refractivity contribution in [3.8, 4) is 0 Å². The zero-order valence-corrected chi connectivity index (χ0v) is 19.5. The first-order valence-electron chi connectivity index (χ1n) is 9.75. The summed E-state index contributed by atoms with van der Waals surface area (Å²) in [5.41, 5.74) is 4.21. The predicted octanol–water partition coefficient (Wildman–Crippen LogP) is 4.90. The number of sulfonamides is 1. The molecule has 3 rings (SSSR count). The molecule has 1 N–H and O–H groups in total. The zero-order chi connectivity index (χ0) is 23.1. The van der Waals surface area contributed by atoms with Gasteiger partial charge in [0.1, 0.15) is 6.54 Å². The number of halogens is 2. The molecule has 0 bridgehead atoms. The number of benzene rings is 3. The Balaban J connectivity index is 1.85. The van der Waals surface area contributed by atoms with Gasteiger partial charge in [-0.05, 0) is 48.4 Å². The number of rotatable bonds is 8. The lowest BCUT2D eigenvalue weighted by molar-refractivity contribution is -0.119. The number of nitrogens with one attached hydrogen (secondary N) is 1. The number of nitrogens with zero attached hydrogens (tertiary/aromatic N) is 2. The van der Waals surface area contributed by atoms with Crippen molar-refractivity contribution in [1.82, 2.24) is 5.43 Å². The number of hydrogen-bond acceptors (Lipinski definition) is 4. The van der Waals surface area contributed by atoms with Gasteiger partial charge in [-0.25, -0.2) is 13.8 Å². The number of amides is 1. The summed E-state index contributed by atoms with van der Waals surface area (Å²) < 4.78 is 27.6. The van der Waals surface area contributed by atoms with Gasteiger partial charge >= 0.3 is 0 Å². The molecular formula is C23H21Cl2N3O3S. The predicted molar refractivity (Wildman–Crippen MR) is 129 cm³/mol. The summed E-state index contributed by atoms with van der Waals surface area (Å²) in [6, 6.07) is 19.9. The molecule has 1 amide bonds. The van der Waals surface area contributed by atoms with Gasteiger partial charge in [-0.1, -0.05) is 66.5 Å². The van der Waals surface area contributed by atoms with Crippen molar-refractivity contribution in [2.45, 2.75) is 18.2 Å². The van der Waals surface area contributed by atoms with Crippen LogP contribution >= 0.6 is 23.2 Å². The number of hydrogen-bond donors (Lipinski definition) is 1. The Morgan fingerprint density at radius 1 is 0.969 bits per heavy atom. The monoisotopic (exact) mass is 489 g/mol. The topological polar surface area (TPSA) is 78.8 Å². The second kappa shape index (κ2) is 10.6. The molecule has 0 saturated carbocycles. The van der Waals surface area contributed by atoms with Gasteiger partial charge in [-0.15, -0.1) is 0 Å². The molecule has 0 aliphatic rings. The van der Waals surface area contributed by atoms with Crippen LogP contribution in [0.5, 0.6) is 0 Å². The summed E-state index contributed by atoms with van der Waals surface area (Å²) in [4.78, 5) is 12.7. The van der Waals surface area contributed by atoms with Crippen LogP contribution in [0.2, 0.25) is 10.0 Å². The molecule has 0 spiro atoms. The fourth-order valence-electron chi connectivity index (χ4n) is 2.90. The fourth-order valence-corrected chi connectivity index (χ4v) is 4.84. The van der Waals surface area contributed by atoms with E-state index < -0.39 is 22.5 Å². The molecule has 0 fully saturated rings. The Kier molecular flexibility index (Phi) is 7.90. The van der Waals surface area contributed by atoms with Crippen molar-refractivity contribution >= 4 is 51.0 Å². The third-order valence-corrected chi connectivity index (χ3v) is 7.08. The van der Waals surface area contributed by atoms with Crippen LogP contribution in [0.3, 0.4) is 0 Å².